The highest BCUT2D eigenvalue weighted by Crippen LogP contribution is 2.13. The molecular formula is C13H17FO2. The molecule has 0 saturated heterocycles. The summed E-state index contributed by atoms with van der Waals surface area (Å²) < 4.78 is 18.2. The van der Waals surface area contributed by atoms with Crippen LogP contribution in [0.1, 0.15) is 36.7 Å². The summed E-state index contributed by atoms with van der Waals surface area (Å²) in [5, 5.41) is 0. The fraction of sp³-hybridized carbons (Fsp3) is 0.462. The summed E-state index contributed by atoms with van der Waals surface area (Å²) in [6.45, 7) is 7.43. The van der Waals surface area contributed by atoms with Crippen LogP contribution in [0.25, 0.3) is 0 Å². The lowest BCUT2D eigenvalue weighted by Crippen LogP contribution is -2.20. The zero-order chi connectivity index (χ0) is 12.3. The number of halogens is 1. The number of esters is 1. The van der Waals surface area contributed by atoms with E-state index in [0.717, 1.165) is 0 Å². The molecule has 1 atom stereocenters. The summed E-state index contributed by atoms with van der Waals surface area (Å²) >= 11 is 0. The van der Waals surface area contributed by atoms with Crippen LogP contribution in [0.5, 0.6) is 0 Å². The third-order valence-corrected chi connectivity index (χ3v) is 2.63. The molecule has 0 spiro atoms. The van der Waals surface area contributed by atoms with Crippen LogP contribution < -0.4 is 0 Å². The van der Waals surface area contributed by atoms with Crippen LogP contribution in [0.2, 0.25) is 0 Å². The minimum atomic E-state index is -0.399. The molecule has 1 aromatic carbocycles. The molecule has 0 fully saturated rings. The molecular weight excluding hydrogens is 207 g/mol. The average Bonchev–Trinajstić information content (AvgIpc) is 2.21. The zero-order valence-electron chi connectivity index (χ0n) is 10.1. The summed E-state index contributed by atoms with van der Waals surface area (Å²) in [6.07, 6.45) is -0.141. The second kappa shape index (κ2) is 5.10. The van der Waals surface area contributed by atoms with Crippen molar-refractivity contribution in [3.63, 3.8) is 0 Å². The number of benzene rings is 1. The van der Waals surface area contributed by atoms with Crippen molar-refractivity contribution in [2.75, 3.05) is 0 Å². The van der Waals surface area contributed by atoms with Gasteiger partial charge in [0.05, 0.1) is 5.56 Å². The van der Waals surface area contributed by atoms with Crippen molar-refractivity contribution in [1.82, 2.24) is 0 Å². The van der Waals surface area contributed by atoms with Crippen LogP contribution in [0.3, 0.4) is 0 Å². The van der Waals surface area contributed by atoms with Gasteiger partial charge >= 0.3 is 5.97 Å². The Kier molecular flexibility index (Phi) is 4.05. The van der Waals surface area contributed by atoms with Crippen molar-refractivity contribution in [1.29, 1.82) is 0 Å². The minimum Gasteiger partial charge on any atom is -0.459 e. The minimum absolute atomic E-state index is 0.141. The topological polar surface area (TPSA) is 26.3 Å². The molecule has 3 heteroatoms. The van der Waals surface area contributed by atoms with E-state index in [1.165, 1.54) is 18.2 Å². The first kappa shape index (κ1) is 12.7. The van der Waals surface area contributed by atoms with Gasteiger partial charge in [-0.2, -0.15) is 0 Å². The molecule has 16 heavy (non-hydrogen) atoms. The molecule has 0 bridgehead atoms. The summed E-state index contributed by atoms with van der Waals surface area (Å²) in [6, 6.07) is 4.23. The third kappa shape index (κ3) is 3.05. The number of hydrogen-bond donors (Lipinski definition) is 0. The van der Waals surface area contributed by atoms with E-state index < -0.39 is 5.97 Å². The Balaban J connectivity index is 2.77. The van der Waals surface area contributed by atoms with Gasteiger partial charge in [-0.1, -0.05) is 13.8 Å². The van der Waals surface area contributed by atoms with E-state index in [9.17, 15) is 9.18 Å². The van der Waals surface area contributed by atoms with Gasteiger partial charge in [0.1, 0.15) is 11.9 Å². The predicted octanol–water partition coefficient (Wildman–Crippen LogP) is 3.34. The van der Waals surface area contributed by atoms with E-state index in [-0.39, 0.29) is 17.8 Å². The normalized spacial score (nSPS) is 12.6. The molecule has 1 rings (SSSR count). The molecule has 0 saturated carbocycles. The highest BCUT2D eigenvalue weighted by atomic mass is 19.1. The Morgan fingerprint density at radius 2 is 1.94 bits per heavy atom. The van der Waals surface area contributed by atoms with E-state index in [2.05, 4.69) is 0 Å². The molecule has 0 aliphatic carbocycles. The average molecular weight is 224 g/mol. The molecule has 0 aliphatic heterocycles. The van der Waals surface area contributed by atoms with E-state index in [1.807, 2.05) is 20.8 Å². The number of rotatable bonds is 3. The van der Waals surface area contributed by atoms with E-state index >= 15 is 0 Å². The Morgan fingerprint density at radius 3 is 2.44 bits per heavy atom. The van der Waals surface area contributed by atoms with E-state index in [0.29, 0.717) is 11.1 Å². The van der Waals surface area contributed by atoms with Gasteiger partial charge in [0.25, 0.3) is 0 Å². The molecule has 0 radical (unpaired) electrons. The van der Waals surface area contributed by atoms with Crippen LogP contribution in [0.15, 0.2) is 18.2 Å². The van der Waals surface area contributed by atoms with Gasteiger partial charge in [-0.15, -0.1) is 0 Å². The largest absolute Gasteiger partial charge is 0.459 e. The van der Waals surface area contributed by atoms with Crippen molar-refractivity contribution < 1.29 is 13.9 Å². The fourth-order valence-corrected chi connectivity index (χ4v) is 1.14. The van der Waals surface area contributed by atoms with Crippen LogP contribution in [-0.4, -0.2) is 12.1 Å². The fourth-order valence-electron chi connectivity index (χ4n) is 1.14. The lowest BCUT2D eigenvalue weighted by Gasteiger charge is -2.16. The first-order valence-corrected chi connectivity index (χ1v) is 5.39. The summed E-state index contributed by atoms with van der Waals surface area (Å²) in [7, 11) is 0. The zero-order valence-corrected chi connectivity index (χ0v) is 10.1. The summed E-state index contributed by atoms with van der Waals surface area (Å²) in [5.74, 6) is -0.441. The maximum absolute atomic E-state index is 13.0. The predicted molar refractivity (Wildman–Crippen MR) is 60.9 cm³/mol. The van der Waals surface area contributed by atoms with Gasteiger partial charge in [0, 0.05) is 0 Å². The van der Waals surface area contributed by atoms with Gasteiger partial charge in [-0.25, -0.2) is 9.18 Å². The van der Waals surface area contributed by atoms with Crippen molar-refractivity contribution in [3.8, 4) is 0 Å². The molecule has 0 heterocycles. The van der Waals surface area contributed by atoms with Crippen LogP contribution in [-0.2, 0) is 4.74 Å². The van der Waals surface area contributed by atoms with Crippen molar-refractivity contribution >= 4 is 5.97 Å². The second-order valence-corrected chi connectivity index (χ2v) is 4.32. The summed E-state index contributed by atoms with van der Waals surface area (Å²) in [5.41, 5.74) is 0.845. The molecule has 0 aromatic heterocycles. The number of aryl methyl sites for hydroxylation is 1. The van der Waals surface area contributed by atoms with E-state index in [4.69, 9.17) is 4.74 Å². The maximum atomic E-state index is 13.0. The second-order valence-electron chi connectivity index (χ2n) is 4.32. The van der Waals surface area contributed by atoms with Crippen LogP contribution in [0.4, 0.5) is 4.39 Å². The van der Waals surface area contributed by atoms with Crippen LogP contribution >= 0.6 is 0 Å². The molecule has 2 nitrogen and oxygen atoms in total. The van der Waals surface area contributed by atoms with Gasteiger partial charge in [-0.3, -0.25) is 0 Å². The smallest absolute Gasteiger partial charge is 0.338 e. The lowest BCUT2D eigenvalue weighted by atomic mass is 10.1. The summed E-state index contributed by atoms with van der Waals surface area (Å²) in [4.78, 5) is 11.7. The molecule has 1 aromatic rings. The Hall–Kier alpha value is -1.38. The maximum Gasteiger partial charge on any atom is 0.338 e. The van der Waals surface area contributed by atoms with Gasteiger partial charge < -0.3 is 4.74 Å². The van der Waals surface area contributed by atoms with Crippen LogP contribution in [0, 0.1) is 18.7 Å². The quantitative estimate of drug-likeness (QED) is 0.736. The molecule has 1 unspecified atom stereocenters. The first-order valence-electron chi connectivity index (χ1n) is 5.39. The number of carbonyl (C=O) groups excluding carboxylic acids is 1. The molecule has 0 amide bonds. The third-order valence-electron chi connectivity index (χ3n) is 2.63. The van der Waals surface area contributed by atoms with Gasteiger partial charge in [0.2, 0.25) is 0 Å². The molecule has 0 N–H and O–H groups in total. The van der Waals surface area contributed by atoms with Gasteiger partial charge in [0.15, 0.2) is 0 Å². The van der Waals surface area contributed by atoms with Gasteiger partial charge in [-0.05, 0) is 43.5 Å². The molecule has 88 valence electrons. The highest BCUT2D eigenvalue weighted by Gasteiger charge is 2.15. The Morgan fingerprint density at radius 1 is 1.31 bits per heavy atom. The highest BCUT2D eigenvalue weighted by molar-refractivity contribution is 5.89. The monoisotopic (exact) mass is 224 g/mol. The van der Waals surface area contributed by atoms with Crippen molar-refractivity contribution in [2.45, 2.75) is 33.8 Å². The van der Waals surface area contributed by atoms with Crippen molar-refractivity contribution in [2.24, 2.45) is 5.92 Å². The number of hydrogen-bond acceptors (Lipinski definition) is 2. The lowest BCUT2D eigenvalue weighted by molar-refractivity contribution is 0.0238. The SMILES string of the molecule is Cc1cc(C(=O)OC(C)C(C)C)ccc1F. The molecule has 0 aliphatic rings. The Labute approximate surface area is 95.4 Å². The standard InChI is InChI=1S/C13H17FO2/c1-8(2)10(4)16-13(15)11-5-6-12(14)9(3)7-11/h5-8,10H,1-4H3. The number of carbonyl (C=O) groups is 1. The first-order chi connectivity index (χ1) is 7.41. The van der Waals surface area contributed by atoms with Crippen molar-refractivity contribution in [3.05, 3.63) is 35.1 Å². The van der Waals surface area contributed by atoms with E-state index in [1.54, 1.807) is 6.92 Å². The Bertz CT molecular complexity index is 386. The number of ether oxygens (including phenoxy) is 1.